The van der Waals surface area contributed by atoms with Gasteiger partial charge in [-0.3, -0.25) is 4.79 Å². The number of anilines is 1. The summed E-state index contributed by atoms with van der Waals surface area (Å²) in [5, 5.41) is 6.67. The highest BCUT2D eigenvalue weighted by atomic mass is 16.5. The first kappa shape index (κ1) is 16.1. The van der Waals surface area contributed by atoms with Crippen LogP contribution in [0.25, 0.3) is 0 Å². The lowest BCUT2D eigenvalue weighted by Gasteiger charge is -2.36. The Morgan fingerprint density at radius 1 is 1.24 bits per heavy atom. The summed E-state index contributed by atoms with van der Waals surface area (Å²) in [6.07, 6.45) is 5.65. The van der Waals surface area contributed by atoms with Crippen LogP contribution in [0.5, 0.6) is 5.88 Å². The second kappa shape index (κ2) is 6.48. The molecule has 2 aliphatic rings. The molecule has 1 amide bonds. The van der Waals surface area contributed by atoms with E-state index in [1.54, 1.807) is 7.11 Å². The van der Waals surface area contributed by atoms with Gasteiger partial charge < -0.3 is 15.4 Å². The summed E-state index contributed by atoms with van der Waals surface area (Å²) in [5.74, 6) is 0.806. The molecule has 0 radical (unpaired) electrons. The summed E-state index contributed by atoms with van der Waals surface area (Å²) in [6.45, 7) is 0.789. The van der Waals surface area contributed by atoms with Gasteiger partial charge in [0.2, 0.25) is 11.8 Å². The molecule has 2 heterocycles. The molecule has 1 aliphatic carbocycles. The molecule has 2 aromatic rings. The van der Waals surface area contributed by atoms with E-state index < -0.39 is 0 Å². The third-order valence-electron chi connectivity index (χ3n) is 5.57. The van der Waals surface area contributed by atoms with Crippen LogP contribution in [0.3, 0.4) is 0 Å². The Morgan fingerprint density at radius 2 is 2.04 bits per heavy atom. The number of amides is 1. The molecule has 0 saturated heterocycles. The Labute approximate surface area is 147 Å². The number of pyridine rings is 1. The molecule has 5 heteroatoms. The molecule has 4 rings (SSSR count). The van der Waals surface area contributed by atoms with Crippen LogP contribution in [-0.2, 0) is 16.8 Å². The van der Waals surface area contributed by atoms with Gasteiger partial charge in [0.15, 0.2) is 0 Å². The molecule has 1 aromatic carbocycles. The fraction of sp³-hybridized carbons (Fsp3) is 0.400. The van der Waals surface area contributed by atoms with E-state index in [1.807, 2.05) is 36.5 Å². The van der Waals surface area contributed by atoms with Crippen LogP contribution in [0.1, 0.15) is 36.8 Å². The summed E-state index contributed by atoms with van der Waals surface area (Å²) < 4.78 is 5.09. The normalized spacial score (nSPS) is 24.8. The molecule has 0 bridgehead atoms. The molecule has 5 nitrogen and oxygen atoms in total. The van der Waals surface area contributed by atoms with Crippen LogP contribution in [0.2, 0.25) is 0 Å². The van der Waals surface area contributed by atoms with Gasteiger partial charge in [-0.2, -0.15) is 0 Å². The van der Waals surface area contributed by atoms with Gasteiger partial charge in [-0.05, 0) is 42.9 Å². The van der Waals surface area contributed by atoms with E-state index in [4.69, 9.17) is 4.74 Å². The SMILES string of the molecule is COc1ccc(CNC2CCC3(CC2)C(=O)Nc2ccccc23)cn1. The van der Waals surface area contributed by atoms with Crippen molar-refractivity contribution in [1.29, 1.82) is 0 Å². The number of para-hydroxylation sites is 1. The molecule has 0 unspecified atom stereocenters. The Kier molecular flexibility index (Phi) is 4.17. The molecule has 25 heavy (non-hydrogen) atoms. The van der Waals surface area contributed by atoms with Crippen molar-refractivity contribution in [3.8, 4) is 5.88 Å². The van der Waals surface area contributed by atoms with Crippen molar-refractivity contribution in [1.82, 2.24) is 10.3 Å². The second-order valence-corrected chi connectivity index (χ2v) is 6.95. The molecule has 2 N–H and O–H groups in total. The van der Waals surface area contributed by atoms with Crippen molar-refractivity contribution in [2.45, 2.75) is 43.7 Å². The highest BCUT2D eigenvalue weighted by Gasteiger charge is 2.48. The number of benzene rings is 1. The fourth-order valence-corrected chi connectivity index (χ4v) is 4.08. The molecule has 1 aromatic heterocycles. The highest BCUT2D eigenvalue weighted by molar-refractivity contribution is 6.06. The standard InChI is InChI=1S/C20H23N3O2/c1-25-18-7-6-14(13-22-18)12-21-15-8-10-20(11-9-15)16-4-2-3-5-17(16)23-19(20)24/h2-7,13,15,21H,8-12H2,1H3,(H,23,24). The van der Waals surface area contributed by atoms with Gasteiger partial charge in [0, 0.05) is 30.5 Å². The average Bonchev–Trinajstić information content (AvgIpc) is 2.93. The van der Waals surface area contributed by atoms with Crippen LogP contribution in [0, 0.1) is 0 Å². The lowest BCUT2D eigenvalue weighted by molar-refractivity contribution is -0.122. The Morgan fingerprint density at radius 3 is 2.76 bits per heavy atom. The Balaban J connectivity index is 1.38. The van der Waals surface area contributed by atoms with Gasteiger partial charge in [-0.25, -0.2) is 4.98 Å². The number of ether oxygens (including phenoxy) is 1. The predicted molar refractivity (Wildman–Crippen MR) is 96.6 cm³/mol. The minimum atomic E-state index is -0.323. The minimum Gasteiger partial charge on any atom is -0.481 e. The number of fused-ring (bicyclic) bond motifs is 2. The van der Waals surface area contributed by atoms with Crippen LogP contribution >= 0.6 is 0 Å². The summed E-state index contributed by atoms with van der Waals surface area (Å²) in [7, 11) is 1.62. The summed E-state index contributed by atoms with van der Waals surface area (Å²) in [6, 6.07) is 12.5. The topological polar surface area (TPSA) is 63.2 Å². The number of hydrogen-bond acceptors (Lipinski definition) is 4. The van der Waals surface area contributed by atoms with Crippen LogP contribution < -0.4 is 15.4 Å². The number of hydrogen-bond donors (Lipinski definition) is 2. The largest absolute Gasteiger partial charge is 0.481 e. The Hall–Kier alpha value is -2.40. The lowest BCUT2D eigenvalue weighted by atomic mass is 9.69. The minimum absolute atomic E-state index is 0.173. The summed E-state index contributed by atoms with van der Waals surface area (Å²) in [4.78, 5) is 16.8. The van der Waals surface area contributed by atoms with E-state index in [-0.39, 0.29) is 11.3 Å². The van der Waals surface area contributed by atoms with Crippen molar-refractivity contribution in [2.24, 2.45) is 0 Å². The van der Waals surface area contributed by atoms with Gasteiger partial charge >= 0.3 is 0 Å². The number of methoxy groups -OCH3 is 1. The highest BCUT2D eigenvalue weighted by Crippen LogP contribution is 2.47. The number of nitrogens with zero attached hydrogens (tertiary/aromatic N) is 1. The molecule has 0 atom stereocenters. The molecule has 1 aliphatic heterocycles. The first-order valence-electron chi connectivity index (χ1n) is 8.84. The third kappa shape index (κ3) is 2.89. The first-order chi connectivity index (χ1) is 12.2. The van der Waals surface area contributed by atoms with Crippen molar-refractivity contribution in [3.05, 3.63) is 53.7 Å². The number of aromatic nitrogens is 1. The zero-order valence-corrected chi connectivity index (χ0v) is 14.4. The number of carbonyl (C=O) groups is 1. The van der Waals surface area contributed by atoms with Crippen LogP contribution in [0.4, 0.5) is 5.69 Å². The molecular formula is C20H23N3O2. The Bertz CT molecular complexity index is 765. The maximum absolute atomic E-state index is 12.6. The third-order valence-corrected chi connectivity index (χ3v) is 5.57. The predicted octanol–water partition coefficient (Wildman–Crippen LogP) is 3.01. The van der Waals surface area contributed by atoms with Gasteiger partial charge in [-0.1, -0.05) is 24.3 Å². The second-order valence-electron chi connectivity index (χ2n) is 6.95. The summed E-state index contributed by atoms with van der Waals surface area (Å²) in [5.41, 5.74) is 2.99. The van der Waals surface area contributed by atoms with E-state index in [2.05, 4.69) is 21.7 Å². The monoisotopic (exact) mass is 337 g/mol. The van der Waals surface area contributed by atoms with Crippen molar-refractivity contribution in [2.75, 3.05) is 12.4 Å². The maximum Gasteiger partial charge on any atom is 0.235 e. The van der Waals surface area contributed by atoms with Gasteiger partial charge in [-0.15, -0.1) is 0 Å². The number of carbonyl (C=O) groups excluding carboxylic acids is 1. The first-order valence-corrected chi connectivity index (χ1v) is 8.84. The smallest absolute Gasteiger partial charge is 0.235 e. The van der Waals surface area contributed by atoms with E-state index in [9.17, 15) is 4.79 Å². The van der Waals surface area contributed by atoms with E-state index in [0.29, 0.717) is 11.9 Å². The molecule has 1 saturated carbocycles. The average molecular weight is 337 g/mol. The van der Waals surface area contributed by atoms with Crippen molar-refractivity contribution in [3.63, 3.8) is 0 Å². The molecule has 1 spiro atoms. The van der Waals surface area contributed by atoms with Gasteiger partial charge in [0.05, 0.1) is 12.5 Å². The van der Waals surface area contributed by atoms with Gasteiger partial charge in [0.1, 0.15) is 0 Å². The maximum atomic E-state index is 12.6. The molecular weight excluding hydrogens is 314 g/mol. The molecule has 130 valence electrons. The molecule has 1 fully saturated rings. The fourth-order valence-electron chi connectivity index (χ4n) is 4.08. The van der Waals surface area contributed by atoms with Crippen LogP contribution in [0.15, 0.2) is 42.6 Å². The van der Waals surface area contributed by atoms with Gasteiger partial charge in [0.25, 0.3) is 0 Å². The van der Waals surface area contributed by atoms with E-state index in [0.717, 1.165) is 43.5 Å². The quantitative estimate of drug-likeness (QED) is 0.900. The van der Waals surface area contributed by atoms with E-state index in [1.165, 1.54) is 5.56 Å². The zero-order chi connectivity index (χ0) is 17.3. The van der Waals surface area contributed by atoms with Crippen molar-refractivity contribution < 1.29 is 9.53 Å². The van der Waals surface area contributed by atoms with Crippen molar-refractivity contribution >= 4 is 11.6 Å². The number of nitrogens with one attached hydrogen (secondary N) is 2. The van der Waals surface area contributed by atoms with Crippen LogP contribution in [-0.4, -0.2) is 24.0 Å². The van der Waals surface area contributed by atoms with E-state index >= 15 is 0 Å². The zero-order valence-electron chi connectivity index (χ0n) is 14.4. The summed E-state index contributed by atoms with van der Waals surface area (Å²) >= 11 is 0. The number of rotatable bonds is 4. The lowest BCUT2D eigenvalue weighted by Crippen LogP contribution is -2.43.